The fraction of sp³-hybridized carbons (Fsp3) is 0.833. The number of carbonyl (C=O) groups is 2. The third-order valence-electron chi connectivity index (χ3n) is 3.36. The Morgan fingerprint density at radius 2 is 2.17 bits per heavy atom. The van der Waals surface area contributed by atoms with Gasteiger partial charge in [0.05, 0.1) is 0 Å². The van der Waals surface area contributed by atoms with Crippen LogP contribution in [0.5, 0.6) is 0 Å². The van der Waals surface area contributed by atoms with Gasteiger partial charge in [-0.2, -0.15) is 0 Å². The minimum atomic E-state index is -0.907. The van der Waals surface area contributed by atoms with Crippen LogP contribution in [0, 0.1) is 0 Å². The van der Waals surface area contributed by atoms with Gasteiger partial charge in [0.1, 0.15) is 6.04 Å². The van der Waals surface area contributed by atoms with Crippen molar-refractivity contribution >= 4 is 12.0 Å². The normalized spacial score (nSPS) is 19.9. The third kappa shape index (κ3) is 4.18. The Hall–Kier alpha value is -1.30. The van der Waals surface area contributed by atoms with Gasteiger partial charge in [0, 0.05) is 19.6 Å². The summed E-state index contributed by atoms with van der Waals surface area (Å²) in [6, 6.07) is -0.922. The number of piperidine rings is 1. The predicted octanol–water partition coefficient (Wildman–Crippen LogP) is 0.587. The van der Waals surface area contributed by atoms with Crippen LogP contribution in [0.15, 0.2) is 0 Å². The van der Waals surface area contributed by atoms with E-state index in [4.69, 9.17) is 5.11 Å². The number of hydrogen-bond acceptors (Lipinski definition) is 3. The van der Waals surface area contributed by atoms with Gasteiger partial charge in [-0.15, -0.1) is 0 Å². The zero-order chi connectivity index (χ0) is 13.5. The molecule has 0 aromatic rings. The Bertz CT molecular complexity index is 296. The Kier molecular flexibility index (Phi) is 5.91. The molecule has 1 aliphatic rings. The second kappa shape index (κ2) is 7.20. The standard InChI is InChI=1S/C12H23N3O3/c1-3-14(2)9-7-13-12(18)15-8-5-4-6-10(15)11(16)17/h10H,3-9H2,1-2H3,(H,13,18)(H,16,17). The van der Waals surface area contributed by atoms with Crippen LogP contribution in [0.1, 0.15) is 26.2 Å². The maximum Gasteiger partial charge on any atom is 0.326 e. The van der Waals surface area contributed by atoms with Crippen molar-refractivity contribution in [2.24, 2.45) is 0 Å². The van der Waals surface area contributed by atoms with Gasteiger partial charge < -0.3 is 20.2 Å². The number of likely N-dealkylation sites (tertiary alicyclic amines) is 1. The largest absolute Gasteiger partial charge is 0.480 e. The fourth-order valence-electron chi connectivity index (χ4n) is 2.04. The van der Waals surface area contributed by atoms with E-state index in [-0.39, 0.29) is 6.03 Å². The number of carboxylic acids is 1. The summed E-state index contributed by atoms with van der Waals surface area (Å²) >= 11 is 0. The molecule has 0 bridgehead atoms. The SMILES string of the molecule is CCN(C)CCNC(=O)N1CCCCC1C(=O)O. The van der Waals surface area contributed by atoms with Gasteiger partial charge in [-0.1, -0.05) is 6.92 Å². The monoisotopic (exact) mass is 257 g/mol. The molecule has 6 nitrogen and oxygen atoms in total. The molecule has 2 N–H and O–H groups in total. The molecule has 1 aliphatic heterocycles. The van der Waals surface area contributed by atoms with E-state index in [0.717, 1.165) is 25.9 Å². The molecular weight excluding hydrogens is 234 g/mol. The van der Waals surface area contributed by atoms with Gasteiger partial charge in [0.2, 0.25) is 0 Å². The number of carboxylic acid groups (broad SMARTS) is 1. The third-order valence-corrected chi connectivity index (χ3v) is 3.36. The molecule has 0 saturated carbocycles. The highest BCUT2D eigenvalue weighted by Crippen LogP contribution is 2.17. The summed E-state index contributed by atoms with van der Waals surface area (Å²) in [5, 5.41) is 11.9. The lowest BCUT2D eigenvalue weighted by molar-refractivity contribution is -0.143. The van der Waals surface area contributed by atoms with Crippen LogP contribution in [0.4, 0.5) is 4.79 Å². The van der Waals surface area contributed by atoms with Crippen LogP contribution < -0.4 is 5.32 Å². The zero-order valence-electron chi connectivity index (χ0n) is 11.2. The number of rotatable bonds is 5. The molecular formula is C12H23N3O3. The molecule has 0 radical (unpaired) electrons. The number of nitrogens with one attached hydrogen (secondary N) is 1. The number of carbonyl (C=O) groups excluding carboxylic acids is 1. The summed E-state index contributed by atoms with van der Waals surface area (Å²) in [6.45, 7) is 4.83. The van der Waals surface area contributed by atoms with Gasteiger partial charge in [0.15, 0.2) is 0 Å². The van der Waals surface area contributed by atoms with Crippen molar-refractivity contribution in [1.29, 1.82) is 0 Å². The van der Waals surface area contributed by atoms with E-state index in [1.54, 1.807) is 0 Å². The van der Waals surface area contributed by atoms with Gasteiger partial charge in [-0.25, -0.2) is 9.59 Å². The maximum atomic E-state index is 11.9. The second-order valence-corrected chi connectivity index (χ2v) is 4.67. The van der Waals surface area contributed by atoms with Crippen molar-refractivity contribution in [3.8, 4) is 0 Å². The van der Waals surface area contributed by atoms with Crippen LogP contribution in [-0.2, 0) is 4.79 Å². The number of likely N-dealkylation sites (N-methyl/N-ethyl adjacent to an activating group) is 1. The molecule has 1 atom stereocenters. The van der Waals surface area contributed by atoms with Gasteiger partial charge in [-0.3, -0.25) is 0 Å². The molecule has 18 heavy (non-hydrogen) atoms. The highest BCUT2D eigenvalue weighted by Gasteiger charge is 2.31. The van der Waals surface area contributed by atoms with Crippen molar-refractivity contribution < 1.29 is 14.7 Å². The van der Waals surface area contributed by atoms with E-state index < -0.39 is 12.0 Å². The zero-order valence-corrected chi connectivity index (χ0v) is 11.2. The Balaban J connectivity index is 2.41. The molecule has 104 valence electrons. The summed E-state index contributed by atoms with van der Waals surface area (Å²) in [6.07, 6.45) is 2.31. The fourth-order valence-corrected chi connectivity index (χ4v) is 2.04. The van der Waals surface area contributed by atoms with E-state index in [2.05, 4.69) is 10.2 Å². The Morgan fingerprint density at radius 3 is 2.78 bits per heavy atom. The first-order valence-electron chi connectivity index (χ1n) is 6.52. The van der Waals surface area contributed by atoms with Gasteiger partial charge in [0.25, 0.3) is 0 Å². The van der Waals surface area contributed by atoms with Gasteiger partial charge >= 0.3 is 12.0 Å². The smallest absolute Gasteiger partial charge is 0.326 e. The van der Waals surface area contributed by atoms with Crippen LogP contribution in [-0.4, -0.2) is 66.2 Å². The van der Waals surface area contributed by atoms with Crippen LogP contribution >= 0.6 is 0 Å². The molecule has 0 aromatic carbocycles. The molecule has 1 rings (SSSR count). The molecule has 1 saturated heterocycles. The van der Waals surface area contributed by atoms with Crippen molar-refractivity contribution in [3.63, 3.8) is 0 Å². The number of aliphatic carboxylic acids is 1. The first kappa shape index (κ1) is 14.8. The summed E-state index contributed by atoms with van der Waals surface area (Å²) < 4.78 is 0. The highest BCUT2D eigenvalue weighted by atomic mass is 16.4. The average molecular weight is 257 g/mol. The highest BCUT2D eigenvalue weighted by molar-refractivity contribution is 5.82. The number of urea groups is 1. The first-order chi connectivity index (χ1) is 8.56. The van der Waals surface area contributed by atoms with Crippen molar-refractivity contribution in [3.05, 3.63) is 0 Å². The van der Waals surface area contributed by atoms with Crippen molar-refractivity contribution in [1.82, 2.24) is 15.1 Å². The number of amides is 2. The molecule has 1 heterocycles. The number of hydrogen-bond donors (Lipinski definition) is 2. The lowest BCUT2D eigenvalue weighted by Gasteiger charge is -2.33. The van der Waals surface area contributed by atoms with E-state index in [0.29, 0.717) is 19.5 Å². The molecule has 1 fully saturated rings. The molecule has 6 heteroatoms. The molecule has 0 spiro atoms. The summed E-state index contributed by atoms with van der Waals surface area (Å²) in [5.41, 5.74) is 0. The summed E-state index contributed by atoms with van der Waals surface area (Å²) in [4.78, 5) is 26.5. The van der Waals surface area contributed by atoms with Crippen molar-refractivity contribution in [2.45, 2.75) is 32.2 Å². The van der Waals surface area contributed by atoms with E-state index in [9.17, 15) is 9.59 Å². The summed E-state index contributed by atoms with van der Waals surface area (Å²) in [7, 11) is 1.98. The van der Waals surface area contributed by atoms with Crippen LogP contribution in [0.25, 0.3) is 0 Å². The van der Waals surface area contributed by atoms with E-state index >= 15 is 0 Å². The molecule has 0 aromatic heterocycles. The minimum Gasteiger partial charge on any atom is -0.480 e. The maximum absolute atomic E-state index is 11.9. The average Bonchev–Trinajstić information content (AvgIpc) is 2.38. The quantitative estimate of drug-likeness (QED) is 0.756. The summed E-state index contributed by atoms with van der Waals surface area (Å²) in [5.74, 6) is -0.907. The van der Waals surface area contributed by atoms with E-state index in [1.165, 1.54) is 4.90 Å². The molecule has 1 unspecified atom stereocenters. The van der Waals surface area contributed by atoms with Gasteiger partial charge in [-0.05, 0) is 32.9 Å². The minimum absolute atomic E-state index is 0.258. The Morgan fingerprint density at radius 1 is 1.44 bits per heavy atom. The lowest BCUT2D eigenvalue weighted by Crippen LogP contribution is -2.52. The van der Waals surface area contributed by atoms with Crippen LogP contribution in [0.2, 0.25) is 0 Å². The predicted molar refractivity (Wildman–Crippen MR) is 68.6 cm³/mol. The lowest BCUT2D eigenvalue weighted by atomic mass is 10.0. The topological polar surface area (TPSA) is 72.9 Å². The molecule has 2 amide bonds. The van der Waals surface area contributed by atoms with Crippen molar-refractivity contribution in [2.75, 3.05) is 33.2 Å². The Labute approximate surface area is 108 Å². The number of nitrogens with zero attached hydrogens (tertiary/aromatic N) is 2. The second-order valence-electron chi connectivity index (χ2n) is 4.67. The first-order valence-corrected chi connectivity index (χ1v) is 6.52. The molecule has 0 aliphatic carbocycles. The van der Waals surface area contributed by atoms with Crippen LogP contribution in [0.3, 0.4) is 0 Å². The van der Waals surface area contributed by atoms with E-state index in [1.807, 2.05) is 14.0 Å².